The van der Waals surface area contributed by atoms with Crippen LogP contribution in [0.15, 0.2) is 28.5 Å². The van der Waals surface area contributed by atoms with Gasteiger partial charge in [0.25, 0.3) is 0 Å². The van der Waals surface area contributed by atoms with Crippen LogP contribution in [-0.2, 0) is 4.79 Å². The van der Waals surface area contributed by atoms with Gasteiger partial charge in [-0.15, -0.1) is 5.11 Å². The van der Waals surface area contributed by atoms with Crippen molar-refractivity contribution in [2.24, 2.45) is 10.3 Å². The Morgan fingerprint density at radius 2 is 2.44 bits per heavy atom. The van der Waals surface area contributed by atoms with Crippen molar-refractivity contribution in [3.63, 3.8) is 0 Å². The Balaban J connectivity index is 2.26. The number of hydrazine groups is 1. The van der Waals surface area contributed by atoms with Crippen molar-refractivity contribution in [3.8, 4) is 0 Å². The molecule has 0 radical (unpaired) electrons. The first-order chi connectivity index (χ1) is 7.72. The fourth-order valence-electron chi connectivity index (χ4n) is 1.21. The van der Waals surface area contributed by atoms with Crippen LogP contribution in [0.2, 0.25) is 5.02 Å². The summed E-state index contributed by atoms with van der Waals surface area (Å²) in [5.74, 6) is -0.510. The van der Waals surface area contributed by atoms with Crippen molar-refractivity contribution in [1.29, 1.82) is 0 Å². The van der Waals surface area contributed by atoms with Crippen LogP contribution in [0.25, 0.3) is 0 Å². The van der Waals surface area contributed by atoms with Crippen molar-refractivity contribution in [2.45, 2.75) is 5.50 Å². The van der Waals surface area contributed by atoms with E-state index in [9.17, 15) is 9.18 Å². The molecule has 0 aliphatic carbocycles. The minimum absolute atomic E-state index is 0.230. The topological polar surface area (TPSA) is 57.1 Å². The van der Waals surface area contributed by atoms with Gasteiger partial charge < -0.3 is 0 Å². The van der Waals surface area contributed by atoms with Crippen LogP contribution in [0, 0.1) is 5.82 Å². The molecule has 0 saturated carbocycles. The van der Waals surface area contributed by atoms with Crippen LogP contribution in [0.4, 0.5) is 10.1 Å². The fourth-order valence-corrected chi connectivity index (χ4v) is 1.85. The molecule has 16 heavy (non-hydrogen) atoms. The summed E-state index contributed by atoms with van der Waals surface area (Å²) >= 11 is 6.51. The van der Waals surface area contributed by atoms with E-state index < -0.39 is 11.3 Å². The predicted molar refractivity (Wildman–Crippen MR) is 60.0 cm³/mol. The molecular weight excluding hydrogens is 255 g/mol. The molecule has 2 rings (SSSR count). The molecule has 1 aliphatic heterocycles. The maximum absolute atomic E-state index is 13.6. The van der Waals surface area contributed by atoms with Gasteiger partial charge in [-0.05, 0) is 30.0 Å². The molecule has 1 aromatic rings. The second kappa shape index (κ2) is 4.67. The first kappa shape index (κ1) is 11.2. The Hall–Kier alpha value is -1.34. The van der Waals surface area contributed by atoms with Gasteiger partial charge in [-0.2, -0.15) is 5.53 Å². The van der Waals surface area contributed by atoms with Gasteiger partial charge in [-0.1, -0.05) is 16.8 Å². The summed E-state index contributed by atoms with van der Waals surface area (Å²) in [6, 6.07) is 4.21. The summed E-state index contributed by atoms with van der Waals surface area (Å²) in [6.07, 6.45) is 0. The molecule has 0 amide bonds. The number of nitrogens with zero attached hydrogens (tertiary/aromatic N) is 3. The van der Waals surface area contributed by atoms with Crippen LogP contribution in [0.1, 0.15) is 0 Å². The highest BCUT2D eigenvalue weighted by Crippen LogP contribution is 2.28. The third-order valence-electron chi connectivity index (χ3n) is 1.88. The van der Waals surface area contributed by atoms with Crippen molar-refractivity contribution < 1.29 is 9.18 Å². The molecule has 1 unspecified atom stereocenters. The molecule has 1 atom stereocenters. The monoisotopic (exact) mass is 260 g/mol. The van der Waals surface area contributed by atoms with Gasteiger partial charge in [-0.25, -0.2) is 9.40 Å². The standard InChI is InChI=1S/C8H6ClFN4OS/c9-5-1-2-7(6(10)3-5)14-8(16-4-15)11-12-13-14/h1-4,8H,(H,11,13). The van der Waals surface area contributed by atoms with Gasteiger partial charge in [0.1, 0.15) is 5.82 Å². The number of hydrogen-bond acceptors (Lipinski definition) is 6. The van der Waals surface area contributed by atoms with Gasteiger partial charge in [0.2, 0.25) is 5.50 Å². The zero-order valence-corrected chi connectivity index (χ0v) is 9.37. The highest BCUT2D eigenvalue weighted by atomic mass is 35.5. The number of halogens is 2. The van der Waals surface area contributed by atoms with Gasteiger partial charge >= 0.3 is 0 Å². The average molecular weight is 261 g/mol. The number of rotatable bonds is 3. The Morgan fingerprint density at radius 1 is 1.62 bits per heavy atom. The molecule has 0 aromatic heterocycles. The molecule has 8 heteroatoms. The summed E-state index contributed by atoms with van der Waals surface area (Å²) in [4.78, 5) is 10.4. The Bertz CT molecular complexity index is 444. The van der Waals surface area contributed by atoms with Crippen LogP contribution >= 0.6 is 23.4 Å². The van der Waals surface area contributed by atoms with Crippen LogP contribution in [-0.4, -0.2) is 11.1 Å². The van der Waals surface area contributed by atoms with E-state index in [-0.39, 0.29) is 5.69 Å². The molecule has 5 nitrogen and oxygen atoms in total. The molecule has 0 bridgehead atoms. The molecule has 0 saturated heterocycles. The second-order valence-electron chi connectivity index (χ2n) is 2.84. The minimum atomic E-state index is -0.604. The van der Waals surface area contributed by atoms with Crippen LogP contribution in [0.3, 0.4) is 0 Å². The highest BCUT2D eigenvalue weighted by Gasteiger charge is 2.25. The fraction of sp³-hybridized carbons (Fsp3) is 0.125. The lowest BCUT2D eigenvalue weighted by Crippen LogP contribution is -2.36. The zero-order valence-electron chi connectivity index (χ0n) is 7.80. The molecule has 1 aliphatic rings. The summed E-state index contributed by atoms with van der Waals surface area (Å²) in [5.41, 5.74) is 2.75. The summed E-state index contributed by atoms with van der Waals surface area (Å²) < 4.78 is 13.6. The SMILES string of the molecule is O=CSC1N=NNN1c1ccc(Cl)cc1F. The van der Waals surface area contributed by atoms with Gasteiger partial charge in [0, 0.05) is 5.02 Å². The van der Waals surface area contributed by atoms with Crippen molar-refractivity contribution in [1.82, 2.24) is 5.53 Å². The molecule has 0 fully saturated rings. The highest BCUT2D eigenvalue weighted by molar-refractivity contribution is 8.12. The van der Waals surface area contributed by atoms with Crippen molar-refractivity contribution in [3.05, 3.63) is 29.0 Å². The van der Waals surface area contributed by atoms with E-state index in [4.69, 9.17) is 11.6 Å². The maximum Gasteiger partial charge on any atom is 0.217 e. The van der Waals surface area contributed by atoms with E-state index in [1.54, 1.807) is 6.07 Å². The van der Waals surface area contributed by atoms with Gasteiger partial charge in [-0.3, -0.25) is 4.79 Å². The predicted octanol–water partition coefficient (Wildman–Crippen LogP) is 2.38. The summed E-state index contributed by atoms with van der Waals surface area (Å²) in [6.45, 7) is 0. The van der Waals surface area contributed by atoms with Gasteiger partial charge in [0.15, 0.2) is 5.62 Å². The Morgan fingerprint density at radius 3 is 3.12 bits per heavy atom. The van der Waals surface area contributed by atoms with E-state index in [1.165, 1.54) is 17.1 Å². The minimum Gasteiger partial charge on any atom is -0.291 e. The quantitative estimate of drug-likeness (QED) is 0.848. The third kappa shape index (κ3) is 2.10. The smallest absolute Gasteiger partial charge is 0.217 e. The number of benzene rings is 1. The lowest BCUT2D eigenvalue weighted by Gasteiger charge is -2.21. The molecule has 0 spiro atoms. The first-order valence-electron chi connectivity index (χ1n) is 4.21. The van der Waals surface area contributed by atoms with Crippen molar-refractivity contribution >= 4 is 34.7 Å². The van der Waals surface area contributed by atoms with E-state index in [0.29, 0.717) is 10.6 Å². The molecule has 1 N–H and O–H groups in total. The Labute approximate surface area is 99.6 Å². The van der Waals surface area contributed by atoms with Crippen LogP contribution < -0.4 is 10.5 Å². The largest absolute Gasteiger partial charge is 0.291 e. The lowest BCUT2D eigenvalue weighted by molar-refractivity contribution is 0.569. The maximum atomic E-state index is 13.6. The lowest BCUT2D eigenvalue weighted by atomic mass is 10.3. The second-order valence-corrected chi connectivity index (χ2v) is 4.16. The molecule has 84 valence electrons. The number of thioether (sulfide) groups is 1. The first-order valence-corrected chi connectivity index (χ1v) is 5.53. The normalized spacial score (nSPS) is 18.6. The third-order valence-corrected chi connectivity index (χ3v) is 2.77. The van der Waals surface area contributed by atoms with Gasteiger partial charge in [0.05, 0.1) is 5.69 Å². The van der Waals surface area contributed by atoms with Crippen LogP contribution in [0.5, 0.6) is 0 Å². The summed E-state index contributed by atoms with van der Waals surface area (Å²) in [5, 5.41) is 8.88. The Kier molecular flexibility index (Phi) is 3.25. The zero-order chi connectivity index (χ0) is 11.5. The summed E-state index contributed by atoms with van der Waals surface area (Å²) in [7, 11) is 0. The number of hydrogen-bond donors (Lipinski definition) is 1. The number of carbonyl (C=O) groups excluding carboxylic acids is 1. The number of carbonyl (C=O) groups is 1. The van der Waals surface area contributed by atoms with E-state index in [1.807, 2.05) is 0 Å². The van der Waals surface area contributed by atoms with E-state index in [2.05, 4.69) is 15.9 Å². The van der Waals surface area contributed by atoms with Crippen molar-refractivity contribution in [2.75, 3.05) is 5.01 Å². The molecular formula is C8H6ClFN4OS. The average Bonchev–Trinajstić information content (AvgIpc) is 2.67. The number of nitrogens with one attached hydrogen (secondary N) is 1. The molecule has 1 heterocycles. The molecule has 1 aromatic carbocycles. The van der Waals surface area contributed by atoms with E-state index in [0.717, 1.165) is 11.8 Å². The number of anilines is 1. The van der Waals surface area contributed by atoms with E-state index >= 15 is 0 Å².